The van der Waals surface area contributed by atoms with Gasteiger partial charge in [-0.2, -0.15) is 0 Å². The Morgan fingerprint density at radius 3 is 2.77 bits per heavy atom. The van der Waals surface area contributed by atoms with E-state index in [0.717, 1.165) is 24.1 Å². The fraction of sp³-hybridized carbons (Fsp3) is 0.300. The summed E-state index contributed by atoms with van der Waals surface area (Å²) in [6.45, 7) is 1.70. The molecule has 2 fully saturated rings. The van der Waals surface area contributed by atoms with Crippen molar-refractivity contribution in [2.24, 2.45) is 5.92 Å². The molecule has 1 unspecified atom stereocenters. The first kappa shape index (κ1) is 17.1. The minimum absolute atomic E-state index is 0.0457. The molecule has 1 aliphatic carbocycles. The predicted molar refractivity (Wildman–Crippen MR) is 102 cm³/mol. The number of hydrogen-bond acceptors (Lipinski definition) is 3. The van der Waals surface area contributed by atoms with E-state index in [2.05, 4.69) is 5.32 Å². The van der Waals surface area contributed by atoms with Crippen LogP contribution in [0.5, 0.6) is 0 Å². The van der Waals surface area contributed by atoms with Crippen LogP contribution < -0.4 is 10.2 Å². The molecule has 1 saturated heterocycles. The van der Waals surface area contributed by atoms with Gasteiger partial charge in [-0.05, 0) is 55.2 Å². The zero-order chi connectivity index (χ0) is 18.3. The van der Waals surface area contributed by atoms with Crippen molar-refractivity contribution >= 4 is 35.0 Å². The van der Waals surface area contributed by atoms with Gasteiger partial charge in [0.15, 0.2) is 0 Å². The van der Waals surface area contributed by atoms with E-state index in [9.17, 15) is 14.0 Å². The molecule has 4 nitrogen and oxygen atoms in total. The third-order valence-corrected chi connectivity index (χ3v) is 5.90. The Hall–Kier alpha value is -2.34. The highest BCUT2D eigenvalue weighted by Gasteiger charge is 2.35. The molecule has 1 atom stereocenters. The number of amides is 2. The van der Waals surface area contributed by atoms with E-state index in [1.807, 2.05) is 24.3 Å². The Morgan fingerprint density at radius 1 is 1.23 bits per heavy atom. The minimum atomic E-state index is -0.323. The van der Waals surface area contributed by atoms with Gasteiger partial charge in [-0.25, -0.2) is 4.39 Å². The van der Waals surface area contributed by atoms with E-state index < -0.39 is 0 Å². The van der Waals surface area contributed by atoms with Gasteiger partial charge in [0, 0.05) is 17.3 Å². The van der Waals surface area contributed by atoms with Gasteiger partial charge in [0.05, 0.1) is 5.75 Å². The minimum Gasteiger partial charge on any atom is -0.326 e. The van der Waals surface area contributed by atoms with Gasteiger partial charge < -0.3 is 5.32 Å². The lowest BCUT2D eigenvalue weighted by atomic mass is 10.1. The third kappa shape index (κ3) is 3.33. The largest absolute Gasteiger partial charge is 0.326 e. The van der Waals surface area contributed by atoms with Crippen molar-refractivity contribution in [2.75, 3.05) is 16.0 Å². The summed E-state index contributed by atoms with van der Waals surface area (Å²) >= 11 is 1.50. The van der Waals surface area contributed by atoms with Crippen molar-refractivity contribution in [1.29, 1.82) is 0 Å². The molecule has 0 spiro atoms. The van der Waals surface area contributed by atoms with Crippen LogP contribution in [-0.2, 0) is 9.59 Å². The maximum atomic E-state index is 14.0. The molecule has 1 N–H and O–H groups in total. The van der Waals surface area contributed by atoms with Gasteiger partial charge in [0.1, 0.15) is 11.2 Å². The molecule has 1 heterocycles. The molecule has 1 saturated carbocycles. The van der Waals surface area contributed by atoms with Crippen molar-refractivity contribution in [3.8, 4) is 0 Å². The normalized spacial score (nSPS) is 19.7. The lowest BCUT2D eigenvalue weighted by molar-refractivity contribution is -0.117. The van der Waals surface area contributed by atoms with E-state index in [1.54, 1.807) is 24.0 Å². The van der Waals surface area contributed by atoms with Gasteiger partial charge in [-0.1, -0.05) is 18.2 Å². The van der Waals surface area contributed by atoms with Gasteiger partial charge in [-0.15, -0.1) is 11.8 Å². The molecule has 0 aromatic heterocycles. The van der Waals surface area contributed by atoms with Crippen molar-refractivity contribution < 1.29 is 14.0 Å². The molecule has 2 aliphatic rings. The molecule has 134 valence electrons. The van der Waals surface area contributed by atoms with Crippen LogP contribution in [-0.4, -0.2) is 17.6 Å². The second kappa shape index (κ2) is 6.76. The Kier molecular flexibility index (Phi) is 4.44. The average Bonchev–Trinajstić information content (AvgIpc) is 3.40. The smallest absolute Gasteiger partial charge is 0.238 e. The summed E-state index contributed by atoms with van der Waals surface area (Å²) in [5.41, 5.74) is 2.75. The van der Waals surface area contributed by atoms with Crippen LogP contribution in [0, 0.1) is 18.7 Å². The number of carbonyl (C=O) groups excluding carboxylic acids is 2. The summed E-state index contributed by atoms with van der Waals surface area (Å²) in [6.07, 6.45) is 1.90. The summed E-state index contributed by atoms with van der Waals surface area (Å²) in [5, 5.41) is 2.70. The molecule has 2 amide bonds. The van der Waals surface area contributed by atoms with Gasteiger partial charge in [-0.3, -0.25) is 14.5 Å². The number of benzene rings is 2. The number of hydrogen-bond donors (Lipinski definition) is 1. The molecule has 4 rings (SSSR count). The van der Waals surface area contributed by atoms with Crippen LogP contribution in [0.1, 0.15) is 29.3 Å². The zero-order valence-electron chi connectivity index (χ0n) is 14.4. The molecule has 26 heavy (non-hydrogen) atoms. The number of nitrogens with one attached hydrogen (secondary N) is 1. The SMILES string of the molecule is Cc1ccc(N2C(=O)CSC2c2cccc(NC(=O)C3CC3)c2)cc1F. The number of nitrogens with zero attached hydrogens (tertiary/aromatic N) is 1. The predicted octanol–water partition coefficient (Wildman–Crippen LogP) is 4.26. The van der Waals surface area contributed by atoms with Crippen LogP contribution in [0.2, 0.25) is 0 Å². The topological polar surface area (TPSA) is 49.4 Å². The Morgan fingerprint density at radius 2 is 2.04 bits per heavy atom. The fourth-order valence-corrected chi connectivity index (χ4v) is 4.21. The molecule has 1 aliphatic heterocycles. The van der Waals surface area contributed by atoms with E-state index >= 15 is 0 Å². The van der Waals surface area contributed by atoms with Crippen LogP contribution in [0.3, 0.4) is 0 Å². The lowest BCUT2D eigenvalue weighted by Gasteiger charge is -2.25. The first-order valence-electron chi connectivity index (χ1n) is 8.63. The van der Waals surface area contributed by atoms with Crippen molar-refractivity contribution in [2.45, 2.75) is 25.1 Å². The molecule has 6 heteroatoms. The summed E-state index contributed by atoms with van der Waals surface area (Å²) in [7, 11) is 0. The van der Waals surface area contributed by atoms with Crippen molar-refractivity contribution in [1.82, 2.24) is 0 Å². The van der Waals surface area contributed by atoms with Crippen LogP contribution in [0.4, 0.5) is 15.8 Å². The number of anilines is 2. The van der Waals surface area contributed by atoms with Crippen molar-refractivity contribution in [3.05, 3.63) is 59.4 Å². The standard InChI is InChI=1S/C20H19FN2O2S/c1-12-5-8-16(10-17(12)21)23-18(24)11-26-20(23)14-3-2-4-15(9-14)22-19(25)13-6-7-13/h2-5,8-10,13,20H,6-7,11H2,1H3,(H,22,25). The fourth-order valence-electron chi connectivity index (χ4n) is 3.04. The summed E-state index contributed by atoms with van der Waals surface area (Å²) in [5.74, 6) is 0.161. The first-order valence-corrected chi connectivity index (χ1v) is 9.68. The molecular formula is C20H19FN2O2S. The van der Waals surface area contributed by atoms with E-state index in [0.29, 0.717) is 17.0 Å². The second-order valence-electron chi connectivity index (χ2n) is 6.75. The highest BCUT2D eigenvalue weighted by molar-refractivity contribution is 8.00. The van der Waals surface area contributed by atoms with Gasteiger partial charge in [0.25, 0.3) is 0 Å². The number of rotatable bonds is 4. The molecule has 2 aromatic rings. The third-order valence-electron chi connectivity index (χ3n) is 4.69. The Balaban J connectivity index is 1.62. The first-order chi connectivity index (χ1) is 12.5. The number of aryl methyl sites for hydroxylation is 1. The van der Waals surface area contributed by atoms with E-state index in [-0.39, 0.29) is 28.9 Å². The van der Waals surface area contributed by atoms with Gasteiger partial charge >= 0.3 is 0 Å². The molecular weight excluding hydrogens is 351 g/mol. The second-order valence-corrected chi connectivity index (χ2v) is 7.82. The van der Waals surface area contributed by atoms with Crippen LogP contribution in [0.15, 0.2) is 42.5 Å². The Bertz CT molecular complexity index is 882. The number of carbonyl (C=O) groups is 2. The maximum Gasteiger partial charge on any atom is 0.238 e. The average molecular weight is 370 g/mol. The zero-order valence-corrected chi connectivity index (χ0v) is 15.2. The molecule has 2 aromatic carbocycles. The summed E-state index contributed by atoms with van der Waals surface area (Å²) in [4.78, 5) is 26.1. The highest BCUT2D eigenvalue weighted by atomic mass is 32.2. The quantitative estimate of drug-likeness (QED) is 0.875. The summed E-state index contributed by atoms with van der Waals surface area (Å²) in [6, 6.07) is 12.4. The van der Waals surface area contributed by atoms with E-state index in [1.165, 1.54) is 17.8 Å². The summed E-state index contributed by atoms with van der Waals surface area (Å²) < 4.78 is 14.0. The van der Waals surface area contributed by atoms with Crippen LogP contribution >= 0.6 is 11.8 Å². The molecule has 0 bridgehead atoms. The maximum absolute atomic E-state index is 14.0. The van der Waals surface area contributed by atoms with Crippen molar-refractivity contribution in [3.63, 3.8) is 0 Å². The number of halogens is 1. The Labute approximate surface area is 155 Å². The monoisotopic (exact) mass is 370 g/mol. The molecule has 0 radical (unpaired) electrons. The highest BCUT2D eigenvalue weighted by Crippen LogP contribution is 2.42. The number of thioether (sulfide) groups is 1. The van der Waals surface area contributed by atoms with E-state index in [4.69, 9.17) is 0 Å². The lowest BCUT2D eigenvalue weighted by Crippen LogP contribution is -2.28. The van der Waals surface area contributed by atoms with Crippen LogP contribution in [0.25, 0.3) is 0 Å². The van der Waals surface area contributed by atoms with Gasteiger partial charge in [0.2, 0.25) is 11.8 Å².